The van der Waals surface area contributed by atoms with Gasteiger partial charge in [0.05, 0.1) is 16.9 Å². The zero-order valence-electron chi connectivity index (χ0n) is 33.3. The smallest absolute Gasteiger partial charge is 0.179 e. The highest BCUT2D eigenvalue weighted by Crippen LogP contribution is 2.36. The summed E-state index contributed by atoms with van der Waals surface area (Å²) in [4.78, 5) is 35.7. The lowest BCUT2D eigenvalue weighted by Crippen LogP contribution is -2.01. The van der Waals surface area contributed by atoms with Crippen molar-refractivity contribution in [2.45, 2.75) is 0 Å². The quantitative estimate of drug-likeness (QED) is 0.141. The van der Waals surface area contributed by atoms with Gasteiger partial charge in [0.15, 0.2) is 29.1 Å². The van der Waals surface area contributed by atoms with Gasteiger partial charge in [-0.15, -0.1) is 0 Å². The third-order valence-corrected chi connectivity index (χ3v) is 10.9. The largest absolute Gasteiger partial charge is 0.228 e. The van der Waals surface area contributed by atoms with Crippen molar-refractivity contribution in [3.8, 4) is 90.7 Å². The third-order valence-electron chi connectivity index (χ3n) is 10.9. The van der Waals surface area contributed by atoms with Crippen molar-refractivity contribution in [1.29, 1.82) is 0 Å². The fourth-order valence-electron chi connectivity index (χ4n) is 7.85. The number of aromatic nitrogens is 7. The zero-order chi connectivity index (χ0) is 41.2. The van der Waals surface area contributed by atoms with E-state index in [1.54, 1.807) is 0 Å². The van der Waals surface area contributed by atoms with Gasteiger partial charge in [-0.25, -0.2) is 34.9 Å². The first-order valence-corrected chi connectivity index (χ1v) is 20.5. The second kappa shape index (κ2) is 15.9. The Kier molecular flexibility index (Phi) is 9.37. The van der Waals surface area contributed by atoms with Crippen molar-refractivity contribution in [3.63, 3.8) is 0 Å². The molecular weight excluding hydrogens is 759 g/mol. The van der Waals surface area contributed by atoms with Crippen molar-refractivity contribution in [2.24, 2.45) is 0 Å². The number of benzene rings is 8. The summed E-state index contributed by atoms with van der Waals surface area (Å²) in [6, 6.07) is 71.8. The molecule has 0 amide bonds. The molecule has 3 heterocycles. The average Bonchev–Trinajstić information content (AvgIpc) is 3.37. The van der Waals surface area contributed by atoms with Gasteiger partial charge in [-0.1, -0.05) is 188 Å². The Morgan fingerprint density at radius 1 is 0.226 bits per heavy atom. The van der Waals surface area contributed by atoms with Crippen LogP contribution in [0.25, 0.3) is 112 Å². The summed E-state index contributed by atoms with van der Waals surface area (Å²) in [5.41, 5.74) is 10.7. The van der Waals surface area contributed by atoms with E-state index < -0.39 is 0 Å². The minimum Gasteiger partial charge on any atom is -0.228 e. The van der Waals surface area contributed by atoms with Crippen molar-refractivity contribution in [1.82, 2.24) is 34.9 Å². The standard InChI is InChI=1S/C55H35N7/c1-5-18-37(19-6-1)49-46-32-31-36-17-13-14-30-45(36)50(46)59-55(58-49)48-35-47(56-51(57-48)38-20-7-2-8-21-38)43-28-15-26-41(33-43)42-27-16-29-44(34-42)54-61-52(39-22-9-3-10-23-39)60-53(62-54)40-24-11-4-12-25-40/h1-35H. The van der Waals surface area contributed by atoms with E-state index in [0.29, 0.717) is 34.8 Å². The van der Waals surface area contributed by atoms with E-state index in [9.17, 15) is 0 Å². The fraction of sp³-hybridized carbons (Fsp3) is 0. The number of fused-ring (bicyclic) bond motifs is 3. The molecule has 3 aromatic heterocycles. The van der Waals surface area contributed by atoms with Crippen LogP contribution in [0.2, 0.25) is 0 Å². The van der Waals surface area contributed by atoms with Crippen LogP contribution in [0.5, 0.6) is 0 Å². The molecule has 11 rings (SSSR count). The minimum absolute atomic E-state index is 0.527. The van der Waals surface area contributed by atoms with Crippen LogP contribution >= 0.6 is 0 Å². The van der Waals surface area contributed by atoms with E-state index in [0.717, 1.165) is 77.6 Å². The summed E-state index contributed by atoms with van der Waals surface area (Å²) >= 11 is 0. The molecule has 290 valence electrons. The van der Waals surface area contributed by atoms with Crippen molar-refractivity contribution >= 4 is 21.7 Å². The van der Waals surface area contributed by atoms with Crippen LogP contribution in [-0.4, -0.2) is 34.9 Å². The summed E-state index contributed by atoms with van der Waals surface area (Å²) in [5, 5.41) is 3.15. The van der Waals surface area contributed by atoms with Crippen LogP contribution in [0.3, 0.4) is 0 Å². The van der Waals surface area contributed by atoms with Crippen molar-refractivity contribution in [3.05, 3.63) is 212 Å². The maximum atomic E-state index is 5.27. The fourth-order valence-corrected chi connectivity index (χ4v) is 7.85. The Hall–Kier alpha value is -8.55. The molecule has 8 aromatic carbocycles. The third kappa shape index (κ3) is 7.14. The van der Waals surface area contributed by atoms with Gasteiger partial charge in [-0.2, -0.15) is 0 Å². The van der Waals surface area contributed by atoms with Crippen LogP contribution < -0.4 is 0 Å². The van der Waals surface area contributed by atoms with E-state index in [-0.39, 0.29) is 0 Å². The van der Waals surface area contributed by atoms with Crippen LogP contribution in [-0.2, 0) is 0 Å². The molecule has 0 saturated heterocycles. The lowest BCUT2D eigenvalue weighted by Gasteiger charge is -2.13. The van der Waals surface area contributed by atoms with Gasteiger partial charge in [0, 0.05) is 44.2 Å². The van der Waals surface area contributed by atoms with E-state index >= 15 is 0 Å². The van der Waals surface area contributed by atoms with Gasteiger partial charge in [0.2, 0.25) is 0 Å². The molecule has 0 N–H and O–H groups in total. The highest BCUT2D eigenvalue weighted by Gasteiger charge is 2.18. The van der Waals surface area contributed by atoms with Crippen LogP contribution in [0, 0.1) is 0 Å². The van der Waals surface area contributed by atoms with Crippen LogP contribution in [0.15, 0.2) is 212 Å². The first-order chi connectivity index (χ1) is 30.7. The highest BCUT2D eigenvalue weighted by molar-refractivity contribution is 6.09. The van der Waals surface area contributed by atoms with Gasteiger partial charge in [0.1, 0.15) is 5.69 Å². The Morgan fingerprint density at radius 3 is 1.29 bits per heavy atom. The maximum absolute atomic E-state index is 5.27. The number of nitrogens with zero attached hydrogens (tertiary/aromatic N) is 7. The molecule has 0 fully saturated rings. The van der Waals surface area contributed by atoms with Gasteiger partial charge in [0.25, 0.3) is 0 Å². The maximum Gasteiger partial charge on any atom is 0.179 e. The van der Waals surface area contributed by atoms with E-state index in [1.807, 2.05) is 127 Å². The van der Waals surface area contributed by atoms with E-state index in [2.05, 4.69) is 84.9 Å². The molecule has 0 saturated carbocycles. The lowest BCUT2D eigenvalue weighted by molar-refractivity contribution is 1.07. The predicted octanol–water partition coefficient (Wildman–Crippen LogP) is 13.1. The second-order valence-corrected chi connectivity index (χ2v) is 15.0. The summed E-state index contributed by atoms with van der Waals surface area (Å²) in [6.07, 6.45) is 0. The molecule has 7 heteroatoms. The topological polar surface area (TPSA) is 90.2 Å². The monoisotopic (exact) mass is 793 g/mol. The van der Waals surface area contributed by atoms with Crippen molar-refractivity contribution in [2.75, 3.05) is 0 Å². The molecule has 0 spiro atoms. The summed E-state index contributed by atoms with van der Waals surface area (Å²) in [5.74, 6) is 2.96. The second-order valence-electron chi connectivity index (χ2n) is 15.0. The van der Waals surface area contributed by atoms with Gasteiger partial charge in [-0.3, -0.25) is 0 Å². The summed E-state index contributed by atoms with van der Waals surface area (Å²) in [6.45, 7) is 0. The van der Waals surface area contributed by atoms with E-state index in [1.165, 1.54) is 0 Å². The number of hydrogen-bond donors (Lipinski definition) is 0. The molecule has 0 radical (unpaired) electrons. The molecule has 62 heavy (non-hydrogen) atoms. The molecule has 0 aliphatic carbocycles. The highest BCUT2D eigenvalue weighted by atomic mass is 15.0. The molecule has 0 bridgehead atoms. The first kappa shape index (κ1) is 36.5. The van der Waals surface area contributed by atoms with E-state index in [4.69, 9.17) is 34.9 Å². The van der Waals surface area contributed by atoms with Gasteiger partial charge < -0.3 is 0 Å². The molecule has 0 atom stereocenters. The average molecular weight is 794 g/mol. The number of rotatable bonds is 8. The first-order valence-electron chi connectivity index (χ1n) is 20.5. The van der Waals surface area contributed by atoms with Crippen LogP contribution in [0.1, 0.15) is 0 Å². The Bertz CT molecular complexity index is 3340. The van der Waals surface area contributed by atoms with Gasteiger partial charge in [-0.05, 0) is 40.8 Å². The number of hydrogen-bond acceptors (Lipinski definition) is 7. The Labute approximate surface area is 358 Å². The molecule has 7 nitrogen and oxygen atoms in total. The van der Waals surface area contributed by atoms with Gasteiger partial charge >= 0.3 is 0 Å². The minimum atomic E-state index is 0.527. The molecule has 0 unspecified atom stereocenters. The predicted molar refractivity (Wildman–Crippen MR) is 250 cm³/mol. The summed E-state index contributed by atoms with van der Waals surface area (Å²) in [7, 11) is 0. The summed E-state index contributed by atoms with van der Waals surface area (Å²) < 4.78 is 0. The molecular formula is C55H35N7. The van der Waals surface area contributed by atoms with Crippen LogP contribution in [0.4, 0.5) is 0 Å². The Balaban J connectivity index is 1.04. The zero-order valence-corrected chi connectivity index (χ0v) is 33.3. The SMILES string of the molecule is c1ccc(-c2nc(-c3cccc(-c4cccc(-c5nc(-c6ccccc6)nc(-c6ccccc6)n5)c4)c3)cc(-c3nc(-c4ccccc4)c4ccc5ccccc5c4n3)n2)cc1. The Morgan fingerprint density at radius 2 is 0.677 bits per heavy atom. The van der Waals surface area contributed by atoms with Crippen molar-refractivity contribution < 1.29 is 0 Å². The normalized spacial score (nSPS) is 11.2. The molecule has 11 aromatic rings. The molecule has 0 aliphatic heterocycles. The lowest BCUT2D eigenvalue weighted by atomic mass is 9.99. The molecule has 0 aliphatic rings.